The highest BCUT2D eigenvalue weighted by atomic mass is 16.3. The predicted molar refractivity (Wildman–Crippen MR) is 97.4 cm³/mol. The van der Waals surface area contributed by atoms with Gasteiger partial charge in [-0.25, -0.2) is 0 Å². The molecular weight excluding hydrogens is 316 g/mol. The summed E-state index contributed by atoms with van der Waals surface area (Å²) in [6.45, 7) is 0. The van der Waals surface area contributed by atoms with E-state index in [0.29, 0.717) is 17.2 Å². The van der Waals surface area contributed by atoms with Crippen LogP contribution in [0.15, 0.2) is 60.7 Å². The summed E-state index contributed by atoms with van der Waals surface area (Å²) in [5.74, 6) is 0.582. The lowest BCUT2D eigenvalue weighted by molar-refractivity contribution is 0.474. The molecule has 4 nitrogen and oxygen atoms in total. The molecule has 4 aromatic rings. The standard InChI is InChI=1S/C21H16O4/c22-14-3-5-16-18(10-14)12(1-7-20(16)24)9-13-2-8-21(25)17-6-4-15(23)11-19(13)17/h1-8,10-11,22-25H,9H2. The van der Waals surface area contributed by atoms with Crippen LogP contribution in [0, 0.1) is 0 Å². The lowest BCUT2D eigenvalue weighted by Crippen LogP contribution is -1.92. The summed E-state index contributed by atoms with van der Waals surface area (Å²) in [5.41, 5.74) is 1.86. The van der Waals surface area contributed by atoms with Crippen LogP contribution in [0.5, 0.6) is 23.0 Å². The van der Waals surface area contributed by atoms with Crippen molar-refractivity contribution in [1.82, 2.24) is 0 Å². The predicted octanol–water partition coefficient (Wildman–Crippen LogP) is 4.41. The molecule has 0 radical (unpaired) electrons. The lowest BCUT2D eigenvalue weighted by Gasteiger charge is -2.12. The number of phenolic OH excluding ortho intramolecular Hbond substituents is 4. The van der Waals surface area contributed by atoms with Gasteiger partial charge in [-0.05, 0) is 76.9 Å². The van der Waals surface area contributed by atoms with Gasteiger partial charge >= 0.3 is 0 Å². The van der Waals surface area contributed by atoms with E-state index < -0.39 is 0 Å². The van der Waals surface area contributed by atoms with Crippen molar-refractivity contribution >= 4 is 21.5 Å². The SMILES string of the molecule is Oc1ccc2c(O)ccc(Cc3ccc(O)c4ccc(O)cc34)c2c1. The van der Waals surface area contributed by atoms with Crippen molar-refractivity contribution in [2.75, 3.05) is 0 Å². The molecule has 0 bridgehead atoms. The molecule has 4 heteroatoms. The lowest BCUT2D eigenvalue weighted by atomic mass is 9.94. The molecule has 25 heavy (non-hydrogen) atoms. The number of hydrogen-bond acceptors (Lipinski definition) is 4. The van der Waals surface area contributed by atoms with Crippen LogP contribution in [0.1, 0.15) is 11.1 Å². The van der Waals surface area contributed by atoms with Gasteiger partial charge in [-0.15, -0.1) is 0 Å². The van der Waals surface area contributed by atoms with E-state index >= 15 is 0 Å². The molecule has 0 aliphatic rings. The van der Waals surface area contributed by atoms with Crippen LogP contribution in [0.4, 0.5) is 0 Å². The smallest absolute Gasteiger partial charge is 0.123 e. The third kappa shape index (κ3) is 2.58. The van der Waals surface area contributed by atoms with E-state index in [1.165, 1.54) is 0 Å². The Morgan fingerprint density at radius 2 is 0.920 bits per heavy atom. The molecule has 0 spiro atoms. The Labute approximate surface area is 143 Å². The van der Waals surface area contributed by atoms with Crippen molar-refractivity contribution in [3.8, 4) is 23.0 Å². The molecule has 0 fully saturated rings. The summed E-state index contributed by atoms with van der Waals surface area (Å²) in [7, 11) is 0. The summed E-state index contributed by atoms with van der Waals surface area (Å²) in [6.07, 6.45) is 0.528. The van der Waals surface area contributed by atoms with Crippen LogP contribution >= 0.6 is 0 Å². The number of fused-ring (bicyclic) bond motifs is 2. The Morgan fingerprint density at radius 3 is 1.36 bits per heavy atom. The van der Waals surface area contributed by atoms with Crippen LogP contribution < -0.4 is 0 Å². The maximum absolute atomic E-state index is 10.0. The van der Waals surface area contributed by atoms with Gasteiger partial charge in [0.25, 0.3) is 0 Å². The van der Waals surface area contributed by atoms with Crippen molar-refractivity contribution in [3.05, 3.63) is 71.8 Å². The normalized spacial score (nSPS) is 11.2. The first-order valence-corrected chi connectivity index (χ1v) is 7.90. The van der Waals surface area contributed by atoms with E-state index in [0.717, 1.165) is 21.9 Å². The van der Waals surface area contributed by atoms with E-state index in [9.17, 15) is 20.4 Å². The summed E-state index contributed by atoms with van der Waals surface area (Å²) in [5, 5.41) is 42.6. The van der Waals surface area contributed by atoms with Gasteiger partial charge < -0.3 is 20.4 Å². The first-order chi connectivity index (χ1) is 12.0. The van der Waals surface area contributed by atoms with Crippen molar-refractivity contribution in [1.29, 1.82) is 0 Å². The molecule has 0 aromatic heterocycles. The van der Waals surface area contributed by atoms with Gasteiger partial charge in [0, 0.05) is 10.8 Å². The fourth-order valence-corrected chi connectivity index (χ4v) is 3.27. The number of hydrogen-bond donors (Lipinski definition) is 4. The highest BCUT2D eigenvalue weighted by Crippen LogP contribution is 2.35. The molecular formula is C21H16O4. The fraction of sp³-hybridized carbons (Fsp3) is 0.0476. The van der Waals surface area contributed by atoms with Gasteiger partial charge in [-0.2, -0.15) is 0 Å². The average Bonchev–Trinajstić information content (AvgIpc) is 2.59. The minimum atomic E-state index is 0.132. The molecule has 4 N–H and O–H groups in total. The quantitative estimate of drug-likeness (QED) is 0.438. The summed E-state index contributed by atoms with van der Waals surface area (Å²) in [6, 6.07) is 16.6. The molecule has 0 aliphatic carbocycles. The van der Waals surface area contributed by atoms with E-state index in [4.69, 9.17) is 0 Å². The summed E-state index contributed by atoms with van der Waals surface area (Å²) < 4.78 is 0. The third-order valence-electron chi connectivity index (χ3n) is 4.52. The van der Waals surface area contributed by atoms with Crippen LogP contribution in [-0.2, 0) is 6.42 Å². The number of phenols is 4. The first-order valence-electron chi connectivity index (χ1n) is 7.90. The Bertz CT molecular complexity index is 1030. The Hall–Kier alpha value is -3.40. The first kappa shape index (κ1) is 15.1. The average molecular weight is 332 g/mol. The molecule has 0 unspecified atom stereocenters. The highest BCUT2D eigenvalue weighted by Gasteiger charge is 2.11. The molecule has 124 valence electrons. The van der Waals surface area contributed by atoms with Crippen LogP contribution in [-0.4, -0.2) is 20.4 Å². The van der Waals surface area contributed by atoms with Crippen LogP contribution in [0.2, 0.25) is 0 Å². The largest absolute Gasteiger partial charge is 0.508 e. The number of rotatable bonds is 2. The monoisotopic (exact) mass is 332 g/mol. The number of benzene rings is 4. The van der Waals surface area contributed by atoms with Gasteiger partial charge in [-0.1, -0.05) is 12.1 Å². The van der Waals surface area contributed by atoms with Crippen LogP contribution in [0.25, 0.3) is 21.5 Å². The molecule has 0 saturated heterocycles. The molecule has 0 atom stereocenters. The van der Waals surface area contributed by atoms with E-state index in [-0.39, 0.29) is 23.0 Å². The second-order valence-electron chi connectivity index (χ2n) is 6.12. The molecule has 0 saturated carbocycles. The van der Waals surface area contributed by atoms with Crippen molar-refractivity contribution in [3.63, 3.8) is 0 Å². The van der Waals surface area contributed by atoms with Gasteiger partial charge in [0.1, 0.15) is 23.0 Å². The molecule has 0 aliphatic heterocycles. The van der Waals surface area contributed by atoms with E-state index in [1.807, 2.05) is 12.1 Å². The summed E-state index contributed by atoms with van der Waals surface area (Å²) in [4.78, 5) is 0. The second kappa shape index (κ2) is 5.60. The van der Waals surface area contributed by atoms with E-state index in [1.54, 1.807) is 48.5 Å². The number of aromatic hydroxyl groups is 4. The zero-order valence-electron chi connectivity index (χ0n) is 13.3. The fourth-order valence-electron chi connectivity index (χ4n) is 3.27. The maximum Gasteiger partial charge on any atom is 0.123 e. The van der Waals surface area contributed by atoms with Crippen molar-refractivity contribution in [2.45, 2.75) is 6.42 Å². The minimum Gasteiger partial charge on any atom is -0.508 e. The topological polar surface area (TPSA) is 80.9 Å². The highest BCUT2D eigenvalue weighted by molar-refractivity contribution is 5.94. The Balaban J connectivity index is 1.92. The van der Waals surface area contributed by atoms with Gasteiger partial charge in [0.05, 0.1) is 0 Å². The third-order valence-corrected chi connectivity index (χ3v) is 4.52. The zero-order valence-corrected chi connectivity index (χ0v) is 13.3. The molecule has 0 amide bonds. The Kier molecular flexibility index (Phi) is 3.39. The minimum absolute atomic E-state index is 0.132. The molecule has 4 aromatic carbocycles. The molecule has 0 heterocycles. The van der Waals surface area contributed by atoms with E-state index in [2.05, 4.69) is 0 Å². The van der Waals surface area contributed by atoms with Crippen molar-refractivity contribution < 1.29 is 20.4 Å². The van der Waals surface area contributed by atoms with Gasteiger partial charge in [-0.3, -0.25) is 0 Å². The van der Waals surface area contributed by atoms with Gasteiger partial charge in [0.15, 0.2) is 0 Å². The zero-order chi connectivity index (χ0) is 17.6. The van der Waals surface area contributed by atoms with Crippen LogP contribution in [0.3, 0.4) is 0 Å². The summed E-state index contributed by atoms with van der Waals surface area (Å²) >= 11 is 0. The van der Waals surface area contributed by atoms with Crippen molar-refractivity contribution in [2.24, 2.45) is 0 Å². The molecule has 4 rings (SSSR count). The second-order valence-corrected chi connectivity index (χ2v) is 6.12. The van der Waals surface area contributed by atoms with Gasteiger partial charge in [0.2, 0.25) is 0 Å². The Morgan fingerprint density at radius 1 is 0.480 bits per heavy atom. The maximum atomic E-state index is 10.0.